The van der Waals surface area contributed by atoms with E-state index >= 15 is 0 Å². The first-order valence-corrected chi connectivity index (χ1v) is 8.23. The Bertz CT molecular complexity index is 490. The van der Waals surface area contributed by atoms with Crippen molar-refractivity contribution in [1.29, 1.82) is 0 Å². The molecule has 3 rings (SSSR count). The fourth-order valence-electron chi connectivity index (χ4n) is 3.07. The van der Waals surface area contributed by atoms with Crippen LogP contribution in [0.5, 0.6) is 0 Å². The molecule has 21 heavy (non-hydrogen) atoms. The maximum absolute atomic E-state index is 4.69. The van der Waals surface area contributed by atoms with Gasteiger partial charge < -0.3 is 10.2 Å². The Morgan fingerprint density at radius 2 is 1.81 bits per heavy atom. The smallest absolute Gasteiger partial charge is 0.137 e. The molecule has 0 unspecified atom stereocenters. The molecule has 0 bridgehead atoms. The lowest BCUT2D eigenvalue weighted by Gasteiger charge is -2.36. The third-order valence-corrected chi connectivity index (χ3v) is 4.46. The van der Waals surface area contributed by atoms with Crippen molar-refractivity contribution in [3.63, 3.8) is 0 Å². The van der Waals surface area contributed by atoms with Gasteiger partial charge in [0.05, 0.1) is 0 Å². The van der Waals surface area contributed by atoms with Gasteiger partial charge in [0.2, 0.25) is 0 Å². The molecule has 0 amide bonds. The number of piperazine rings is 1. The lowest BCUT2D eigenvalue weighted by molar-refractivity contribution is 0.247. The van der Waals surface area contributed by atoms with E-state index in [4.69, 9.17) is 4.98 Å². The second-order valence-electron chi connectivity index (χ2n) is 6.33. The van der Waals surface area contributed by atoms with Crippen molar-refractivity contribution >= 4 is 11.6 Å². The van der Waals surface area contributed by atoms with Crippen LogP contribution in [0.3, 0.4) is 0 Å². The first-order chi connectivity index (χ1) is 10.2. The summed E-state index contributed by atoms with van der Waals surface area (Å²) in [5.41, 5.74) is 1.18. The lowest BCUT2D eigenvalue weighted by Crippen LogP contribution is -2.47. The topological polar surface area (TPSA) is 44.3 Å². The molecule has 0 spiro atoms. The quantitative estimate of drug-likeness (QED) is 0.899. The molecule has 5 heteroatoms. The molecule has 5 nitrogen and oxygen atoms in total. The van der Waals surface area contributed by atoms with Gasteiger partial charge in [-0.15, -0.1) is 0 Å². The van der Waals surface area contributed by atoms with Gasteiger partial charge >= 0.3 is 0 Å². The van der Waals surface area contributed by atoms with Gasteiger partial charge in [0.1, 0.15) is 17.5 Å². The molecule has 1 aliphatic carbocycles. The van der Waals surface area contributed by atoms with Crippen LogP contribution in [-0.2, 0) is 0 Å². The van der Waals surface area contributed by atoms with E-state index in [2.05, 4.69) is 33.9 Å². The van der Waals surface area contributed by atoms with Crippen LogP contribution in [-0.4, -0.2) is 54.1 Å². The molecular weight excluding hydrogens is 262 g/mol. The van der Waals surface area contributed by atoms with E-state index in [0.29, 0.717) is 0 Å². The number of aryl methyl sites for hydroxylation is 1. The van der Waals surface area contributed by atoms with Gasteiger partial charge in [-0.05, 0) is 39.5 Å². The standard InChI is InChI=1S/C16H27N5/c1-4-17-15-12(2)16(19-13(3)18-15)21-9-7-20(8-10-21)11-14-5-6-14/h14H,4-11H2,1-3H3,(H,17,18,19). The van der Waals surface area contributed by atoms with Crippen LogP contribution in [0.2, 0.25) is 0 Å². The number of nitrogens with one attached hydrogen (secondary N) is 1. The molecule has 2 fully saturated rings. The second kappa shape index (κ2) is 6.18. The van der Waals surface area contributed by atoms with E-state index in [1.165, 1.54) is 24.9 Å². The maximum Gasteiger partial charge on any atom is 0.137 e. The third-order valence-electron chi connectivity index (χ3n) is 4.46. The molecule has 0 atom stereocenters. The molecule has 116 valence electrons. The molecule has 0 aromatic carbocycles. The largest absolute Gasteiger partial charge is 0.370 e. The van der Waals surface area contributed by atoms with Crippen molar-refractivity contribution in [2.45, 2.75) is 33.6 Å². The minimum atomic E-state index is 0.854. The predicted octanol–water partition coefficient (Wildman–Crippen LogP) is 2.06. The predicted molar refractivity (Wildman–Crippen MR) is 87.0 cm³/mol. The SMILES string of the molecule is CCNc1nc(C)nc(N2CCN(CC3CC3)CC2)c1C. The van der Waals surface area contributed by atoms with Gasteiger partial charge in [-0.2, -0.15) is 0 Å². The highest BCUT2D eigenvalue weighted by atomic mass is 15.3. The average Bonchev–Trinajstić information content (AvgIpc) is 3.28. The Labute approximate surface area is 127 Å². The molecule has 1 N–H and O–H groups in total. The molecule has 2 aliphatic rings. The second-order valence-corrected chi connectivity index (χ2v) is 6.33. The lowest BCUT2D eigenvalue weighted by atomic mass is 10.2. The first-order valence-electron chi connectivity index (χ1n) is 8.23. The van der Waals surface area contributed by atoms with E-state index in [1.807, 2.05) is 6.92 Å². The van der Waals surface area contributed by atoms with Crippen LogP contribution in [0.15, 0.2) is 0 Å². The van der Waals surface area contributed by atoms with E-state index < -0.39 is 0 Å². The van der Waals surface area contributed by atoms with Crippen LogP contribution in [0.4, 0.5) is 11.6 Å². The Kier molecular flexibility index (Phi) is 4.29. The average molecular weight is 289 g/mol. The summed E-state index contributed by atoms with van der Waals surface area (Å²) in [4.78, 5) is 14.3. The van der Waals surface area contributed by atoms with Crippen LogP contribution in [0.25, 0.3) is 0 Å². The number of hydrogen-bond acceptors (Lipinski definition) is 5. The Morgan fingerprint density at radius 1 is 1.10 bits per heavy atom. The molecule has 1 saturated carbocycles. The highest BCUT2D eigenvalue weighted by molar-refractivity contribution is 5.58. The molecular formula is C16H27N5. The van der Waals surface area contributed by atoms with Gasteiger partial charge in [-0.3, -0.25) is 4.90 Å². The van der Waals surface area contributed by atoms with E-state index in [0.717, 1.165) is 56.1 Å². The third kappa shape index (κ3) is 3.46. The van der Waals surface area contributed by atoms with Gasteiger partial charge in [-0.25, -0.2) is 9.97 Å². The monoisotopic (exact) mass is 289 g/mol. The molecule has 2 heterocycles. The van der Waals surface area contributed by atoms with Gasteiger partial charge in [0, 0.05) is 44.8 Å². The van der Waals surface area contributed by atoms with Crippen molar-refractivity contribution in [3.05, 3.63) is 11.4 Å². The highest BCUT2D eigenvalue weighted by Crippen LogP contribution is 2.30. The first kappa shape index (κ1) is 14.6. The van der Waals surface area contributed by atoms with Crippen molar-refractivity contribution in [1.82, 2.24) is 14.9 Å². The normalized spacial score (nSPS) is 19.9. The zero-order valence-electron chi connectivity index (χ0n) is 13.5. The molecule has 1 saturated heterocycles. The number of rotatable bonds is 5. The van der Waals surface area contributed by atoms with Gasteiger partial charge in [0.25, 0.3) is 0 Å². The van der Waals surface area contributed by atoms with E-state index in [1.54, 1.807) is 0 Å². The fourth-order valence-corrected chi connectivity index (χ4v) is 3.07. The van der Waals surface area contributed by atoms with Crippen LogP contribution in [0, 0.1) is 19.8 Å². The molecule has 1 aromatic rings. The summed E-state index contributed by atoms with van der Waals surface area (Å²) >= 11 is 0. The van der Waals surface area contributed by atoms with Crippen molar-refractivity contribution in [2.75, 3.05) is 49.5 Å². The molecule has 0 radical (unpaired) electrons. The van der Waals surface area contributed by atoms with Gasteiger partial charge in [-0.1, -0.05) is 0 Å². The Morgan fingerprint density at radius 3 is 2.43 bits per heavy atom. The number of anilines is 2. The van der Waals surface area contributed by atoms with E-state index in [-0.39, 0.29) is 0 Å². The molecule has 1 aromatic heterocycles. The highest BCUT2D eigenvalue weighted by Gasteiger charge is 2.27. The van der Waals surface area contributed by atoms with Crippen LogP contribution < -0.4 is 10.2 Å². The summed E-state index contributed by atoms with van der Waals surface area (Å²) < 4.78 is 0. The Hall–Kier alpha value is -1.36. The number of hydrogen-bond donors (Lipinski definition) is 1. The maximum atomic E-state index is 4.69. The summed E-state index contributed by atoms with van der Waals surface area (Å²) in [6.45, 7) is 12.9. The van der Waals surface area contributed by atoms with E-state index in [9.17, 15) is 0 Å². The minimum absolute atomic E-state index is 0.854. The van der Waals surface area contributed by atoms with Crippen molar-refractivity contribution < 1.29 is 0 Å². The molecule has 1 aliphatic heterocycles. The fraction of sp³-hybridized carbons (Fsp3) is 0.750. The number of nitrogens with zero attached hydrogens (tertiary/aromatic N) is 4. The number of aromatic nitrogens is 2. The van der Waals surface area contributed by atoms with Gasteiger partial charge in [0.15, 0.2) is 0 Å². The zero-order valence-corrected chi connectivity index (χ0v) is 13.5. The van der Waals surface area contributed by atoms with Crippen LogP contribution in [0.1, 0.15) is 31.2 Å². The Balaban J connectivity index is 1.69. The van der Waals surface area contributed by atoms with Crippen molar-refractivity contribution in [3.8, 4) is 0 Å². The van der Waals surface area contributed by atoms with Crippen LogP contribution >= 0.6 is 0 Å². The summed E-state index contributed by atoms with van der Waals surface area (Å²) in [7, 11) is 0. The summed E-state index contributed by atoms with van der Waals surface area (Å²) in [5.74, 6) is 3.94. The summed E-state index contributed by atoms with van der Waals surface area (Å²) in [6.07, 6.45) is 2.88. The summed E-state index contributed by atoms with van der Waals surface area (Å²) in [6, 6.07) is 0. The minimum Gasteiger partial charge on any atom is -0.370 e. The summed E-state index contributed by atoms with van der Waals surface area (Å²) in [5, 5.41) is 3.35. The zero-order chi connectivity index (χ0) is 14.8. The van der Waals surface area contributed by atoms with Crippen molar-refractivity contribution in [2.24, 2.45) is 5.92 Å².